The molecule has 0 saturated heterocycles. The van der Waals surface area contributed by atoms with Crippen LogP contribution in [0.15, 0.2) is 18.2 Å². The molecule has 0 fully saturated rings. The van der Waals surface area contributed by atoms with Crippen LogP contribution in [0.5, 0.6) is 0 Å². The lowest BCUT2D eigenvalue weighted by Gasteiger charge is -2.29. The van der Waals surface area contributed by atoms with Gasteiger partial charge in [-0.05, 0) is 50.5 Å². The zero-order valence-corrected chi connectivity index (χ0v) is 13.7. The molecule has 0 bridgehead atoms. The number of amides is 2. The molecule has 118 valence electrons. The molecule has 0 spiro atoms. The van der Waals surface area contributed by atoms with Crippen molar-refractivity contribution in [2.45, 2.75) is 39.2 Å². The van der Waals surface area contributed by atoms with Crippen LogP contribution in [0, 0.1) is 6.92 Å². The van der Waals surface area contributed by atoms with Crippen LogP contribution in [-0.2, 0) is 0 Å². The van der Waals surface area contributed by atoms with Gasteiger partial charge in [0.2, 0.25) is 0 Å². The van der Waals surface area contributed by atoms with E-state index < -0.39 is 5.54 Å². The van der Waals surface area contributed by atoms with Gasteiger partial charge in [0.1, 0.15) is 0 Å². The quantitative estimate of drug-likeness (QED) is 0.755. The van der Waals surface area contributed by atoms with Gasteiger partial charge in [-0.3, -0.25) is 0 Å². The number of anilines is 2. The fourth-order valence-corrected chi connectivity index (χ4v) is 2.07. The largest absolute Gasteiger partial charge is 0.396 e. The zero-order valence-electron chi connectivity index (χ0n) is 13.7. The summed E-state index contributed by atoms with van der Waals surface area (Å²) in [4.78, 5) is 14.1. The molecule has 1 rings (SSSR count). The summed E-state index contributed by atoms with van der Waals surface area (Å²) in [6.45, 7) is 5.95. The Labute approximate surface area is 127 Å². The molecule has 5 nitrogen and oxygen atoms in total. The minimum Gasteiger partial charge on any atom is -0.396 e. The van der Waals surface area contributed by atoms with E-state index in [1.165, 1.54) is 0 Å². The maximum absolute atomic E-state index is 12.1. The van der Waals surface area contributed by atoms with Gasteiger partial charge in [-0.2, -0.15) is 0 Å². The fourth-order valence-electron chi connectivity index (χ4n) is 2.07. The van der Waals surface area contributed by atoms with Crippen molar-refractivity contribution in [1.29, 1.82) is 0 Å². The molecular weight excluding hydrogens is 266 g/mol. The van der Waals surface area contributed by atoms with Gasteiger partial charge >= 0.3 is 6.03 Å². The van der Waals surface area contributed by atoms with Crippen molar-refractivity contribution in [3.05, 3.63) is 23.8 Å². The lowest BCUT2D eigenvalue weighted by Crippen LogP contribution is -2.48. The average molecular weight is 293 g/mol. The van der Waals surface area contributed by atoms with Gasteiger partial charge in [0.05, 0.1) is 0 Å². The fraction of sp³-hybridized carbons (Fsp3) is 0.562. The Balaban J connectivity index is 2.75. The van der Waals surface area contributed by atoms with Crippen LogP contribution in [0.3, 0.4) is 0 Å². The van der Waals surface area contributed by atoms with E-state index in [1.54, 1.807) is 0 Å². The third kappa shape index (κ3) is 4.93. The lowest BCUT2D eigenvalue weighted by molar-refractivity contribution is 0.208. The highest BCUT2D eigenvalue weighted by atomic mass is 16.3. The second-order valence-electron chi connectivity index (χ2n) is 5.86. The van der Waals surface area contributed by atoms with Gasteiger partial charge in [0, 0.05) is 37.6 Å². The number of rotatable bonds is 6. The molecule has 21 heavy (non-hydrogen) atoms. The summed E-state index contributed by atoms with van der Waals surface area (Å²) < 4.78 is 0. The molecule has 5 heteroatoms. The first-order valence-electron chi connectivity index (χ1n) is 7.29. The summed E-state index contributed by atoms with van der Waals surface area (Å²) in [6, 6.07) is 5.66. The molecule has 0 aliphatic heterocycles. The first-order chi connectivity index (χ1) is 9.81. The van der Waals surface area contributed by atoms with Crippen molar-refractivity contribution < 1.29 is 9.90 Å². The number of benzene rings is 1. The number of aliphatic hydroxyl groups is 1. The SMILES string of the molecule is CCC(C)(CCO)NC(=O)Nc1ccc(N(C)C)cc1C. The Morgan fingerprint density at radius 1 is 1.38 bits per heavy atom. The molecule has 2 amide bonds. The summed E-state index contributed by atoms with van der Waals surface area (Å²) in [5.74, 6) is 0. The van der Waals surface area contributed by atoms with Crippen molar-refractivity contribution >= 4 is 17.4 Å². The van der Waals surface area contributed by atoms with Crippen molar-refractivity contribution in [2.24, 2.45) is 0 Å². The normalized spacial score (nSPS) is 13.4. The number of aliphatic hydroxyl groups excluding tert-OH is 1. The molecule has 3 N–H and O–H groups in total. The van der Waals surface area contributed by atoms with Crippen molar-refractivity contribution in [2.75, 3.05) is 30.9 Å². The van der Waals surface area contributed by atoms with Crippen molar-refractivity contribution in [3.63, 3.8) is 0 Å². The first-order valence-corrected chi connectivity index (χ1v) is 7.29. The minimum atomic E-state index is -0.393. The van der Waals surface area contributed by atoms with Crippen LogP contribution in [0.2, 0.25) is 0 Å². The Morgan fingerprint density at radius 3 is 2.52 bits per heavy atom. The molecule has 0 radical (unpaired) electrons. The van der Waals surface area contributed by atoms with Crippen molar-refractivity contribution in [1.82, 2.24) is 5.32 Å². The van der Waals surface area contributed by atoms with Crippen LogP contribution in [-0.4, -0.2) is 37.4 Å². The van der Waals surface area contributed by atoms with Gasteiger partial charge in [-0.15, -0.1) is 0 Å². The van der Waals surface area contributed by atoms with E-state index in [-0.39, 0.29) is 12.6 Å². The standard InChI is InChI=1S/C16H27N3O2/c1-6-16(3,9-10-20)18-15(21)17-14-8-7-13(19(4)5)11-12(14)2/h7-8,11,20H,6,9-10H2,1-5H3,(H2,17,18,21). The molecule has 0 saturated carbocycles. The van der Waals surface area contributed by atoms with Crippen molar-refractivity contribution in [3.8, 4) is 0 Å². The van der Waals surface area contributed by atoms with E-state index in [0.29, 0.717) is 6.42 Å². The summed E-state index contributed by atoms with van der Waals surface area (Å²) in [5, 5.41) is 14.9. The number of urea groups is 1. The van der Waals surface area contributed by atoms with Crippen LogP contribution >= 0.6 is 0 Å². The van der Waals surface area contributed by atoms with Gasteiger partial charge in [0.25, 0.3) is 0 Å². The highest BCUT2D eigenvalue weighted by Gasteiger charge is 2.23. The maximum atomic E-state index is 12.1. The number of hydrogen-bond acceptors (Lipinski definition) is 3. The minimum absolute atomic E-state index is 0.0567. The topological polar surface area (TPSA) is 64.6 Å². The second-order valence-corrected chi connectivity index (χ2v) is 5.86. The van der Waals surface area contributed by atoms with E-state index in [1.807, 2.05) is 58.0 Å². The molecule has 0 heterocycles. The molecule has 1 unspecified atom stereocenters. The highest BCUT2D eigenvalue weighted by molar-refractivity contribution is 5.90. The van der Waals surface area contributed by atoms with E-state index in [4.69, 9.17) is 5.11 Å². The highest BCUT2D eigenvalue weighted by Crippen LogP contribution is 2.21. The second kappa shape index (κ2) is 7.31. The Hall–Kier alpha value is -1.75. The summed E-state index contributed by atoms with van der Waals surface area (Å²) in [5.41, 5.74) is 2.51. The first kappa shape index (κ1) is 17.3. The maximum Gasteiger partial charge on any atom is 0.319 e. The molecule has 0 aliphatic carbocycles. The van der Waals surface area contributed by atoms with Gasteiger partial charge < -0.3 is 20.6 Å². The van der Waals surface area contributed by atoms with Gasteiger partial charge in [-0.25, -0.2) is 4.79 Å². The average Bonchev–Trinajstić information content (AvgIpc) is 2.41. The molecular formula is C16H27N3O2. The lowest BCUT2D eigenvalue weighted by atomic mass is 9.95. The zero-order chi connectivity index (χ0) is 16.0. The molecule has 1 aromatic rings. The number of nitrogens with one attached hydrogen (secondary N) is 2. The summed E-state index contributed by atoms with van der Waals surface area (Å²) >= 11 is 0. The van der Waals surface area contributed by atoms with Crippen LogP contribution in [0.25, 0.3) is 0 Å². The van der Waals surface area contributed by atoms with Crippen LogP contribution in [0.1, 0.15) is 32.3 Å². The monoisotopic (exact) mass is 293 g/mol. The number of aryl methyl sites for hydroxylation is 1. The summed E-state index contributed by atoms with van der Waals surface area (Å²) in [6.07, 6.45) is 1.30. The van der Waals surface area contributed by atoms with E-state index in [0.717, 1.165) is 23.4 Å². The Kier molecular flexibility index (Phi) is 6.03. The molecule has 1 atom stereocenters. The third-order valence-corrected chi connectivity index (χ3v) is 3.83. The third-order valence-electron chi connectivity index (χ3n) is 3.83. The van der Waals surface area contributed by atoms with E-state index in [9.17, 15) is 4.79 Å². The number of hydrogen-bond donors (Lipinski definition) is 3. The van der Waals surface area contributed by atoms with E-state index in [2.05, 4.69) is 10.6 Å². The number of carbonyl (C=O) groups is 1. The smallest absolute Gasteiger partial charge is 0.319 e. The van der Waals surface area contributed by atoms with Crippen LogP contribution < -0.4 is 15.5 Å². The molecule has 1 aromatic carbocycles. The molecule has 0 aromatic heterocycles. The molecule has 0 aliphatic rings. The predicted octanol–water partition coefficient (Wildman–Crippen LogP) is 2.73. The van der Waals surface area contributed by atoms with Crippen LogP contribution in [0.4, 0.5) is 16.2 Å². The van der Waals surface area contributed by atoms with Gasteiger partial charge in [-0.1, -0.05) is 6.92 Å². The van der Waals surface area contributed by atoms with Gasteiger partial charge in [0.15, 0.2) is 0 Å². The number of nitrogens with zero attached hydrogens (tertiary/aromatic N) is 1. The number of carbonyl (C=O) groups excluding carboxylic acids is 1. The Bertz CT molecular complexity index is 488. The predicted molar refractivity (Wildman–Crippen MR) is 88.1 cm³/mol. The Morgan fingerprint density at radius 2 is 2.05 bits per heavy atom. The summed E-state index contributed by atoms with van der Waals surface area (Å²) in [7, 11) is 3.96. The van der Waals surface area contributed by atoms with E-state index >= 15 is 0 Å².